The number of rotatable bonds is 5. The van der Waals surface area contributed by atoms with Crippen LogP contribution in [-0.4, -0.2) is 27.0 Å². The minimum atomic E-state index is -1.23. The molecule has 0 spiro atoms. The number of ketones is 1. The molecule has 2 atom stereocenters. The van der Waals surface area contributed by atoms with E-state index in [4.69, 9.17) is 0 Å². The quantitative estimate of drug-likeness (QED) is 0.819. The Labute approximate surface area is 91.6 Å². The molecule has 0 saturated heterocycles. The first kappa shape index (κ1) is 12.1. The molecule has 0 aliphatic carbocycles. The van der Waals surface area contributed by atoms with Crippen LogP contribution in [-0.2, 0) is 15.6 Å². The third-order valence-corrected chi connectivity index (χ3v) is 3.36. The van der Waals surface area contributed by atoms with E-state index in [-0.39, 0.29) is 18.0 Å². The number of carbonyl (C=O) groups excluding carboxylic acids is 1. The first-order valence-corrected chi connectivity index (χ1v) is 6.02. The maximum atomic E-state index is 11.7. The molecule has 0 heterocycles. The Morgan fingerprint density at radius 3 is 2.53 bits per heavy atom. The second-order valence-corrected chi connectivity index (χ2v) is 4.88. The van der Waals surface area contributed by atoms with Crippen LogP contribution >= 0.6 is 0 Å². The first-order chi connectivity index (χ1) is 7.09. The molecule has 0 amide bonds. The molecule has 4 heteroatoms. The largest absolute Gasteiger partial charge is 0.392 e. The lowest BCUT2D eigenvalue weighted by Gasteiger charge is -2.07. The fourth-order valence-corrected chi connectivity index (χ4v) is 2.35. The van der Waals surface area contributed by atoms with Crippen LogP contribution in [0.25, 0.3) is 0 Å². The van der Waals surface area contributed by atoms with Gasteiger partial charge in [0.1, 0.15) is 5.78 Å². The smallest absolute Gasteiger partial charge is 0.132 e. The van der Waals surface area contributed by atoms with Crippen molar-refractivity contribution in [3.8, 4) is 0 Å². The van der Waals surface area contributed by atoms with Gasteiger partial charge in [-0.05, 0) is 19.1 Å². The van der Waals surface area contributed by atoms with Crippen molar-refractivity contribution < 1.29 is 14.1 Å². The molecule has 1 unspecified atom stereocenters. The third-order valence-electron chi connectivity index (χ3n) is 1.87. The molecular weight excluding hydrogens is 212 g/mol. The summed E-state index contributed by atoms with van der Waals surface area (Å²) in [6.07, 6.45) is -0.748. The average Bonchev–Trinajstić information content (AvgIpc) is 2.17. The highest BCUT2D eigenvalue weighted by Gasteiger charge is 2.12. The summed E-state index contributed by atoms with van der Waals surface area (Å²) in [6.45, 7) is 1.41. The van der Waals surface area contributed by atoms with Gasteiger partial charge < -0.3 is 5.11 Å². The van der Waals surface area contributed by atoms with Crippen LogP contribution in [0.5, 0.6) is 0 Å². The molecule has 15 heavy (non-hydrogen) atoms. The van der Waals surface area contributed by atoms with Crippen LogP contribution in [0, 0.1) is 0 Å². The minimum absolute atomic E-state index is 0.0680. The normalized spacial score (nSPS) is 14.5. The molecule has 1 rings (SSSR count). The Hall–Kier alpha value is -1.00. The highest BCUT2D eigenvalue weighted by molar-refractivity contribution is 7.85. The van der Waals surface area contributed by atoms with Gasteiger partial charge in [-0.25, -0.2) is 0 Å². The van der Waals surface area contributed by atoms with E-state index in [1.807, 2.05) is 6.07 Å². The maximum Gasteiger partial charge on any atom is 0.132 e. The lowest BCUT2D eigenvalue weighted by Crippen LogP contribution is -2.19. The van der Waals surface area contributed by atoms with Gasteiger partial charge in [0, 0.05) is 11.3 Å². The van der Waals surface area contributed by atoms with E-state index in [2.05, 4.69) is 0 Å². The number of aliphatic hydroxyl groups excluding tert-OH is 1. The van der Waals surface area contributed by atoms with Crippen molar-refractivity contribution in [2.45, 2.75) is 24.3 Å². The van der Waals surface area contributed by atoms with E-state index < -0.39 is 16.9 Å². The Balaban J connectivity index is 2.53. The molecule has 0 fully saturated rings. The van der Waals surface area contributed by atoms with Crippen LogP contribution < -0.4 is 0 Å². The first-order valence-electron chi connectivity index (χ1n) is 4.70. The zero-order chi connectivity index (χ0) is 11.3. The molecule has 3 nitrogen and oxygen atoms in total. The summed E-state index contributed by atoms with van der Waals surface area (Å²) in [4.78, 5) is 11.4. The summed E-state index contributed by atoms with van der Waals surface area (Å²) in [6, 6.07) is 8.93. The minimum Gasteiger partial charge on any atom is -0.392 e. The topological polar surface area (TPSA) is 54.4 Å². The highest BCUT2D eigenvalue weighted by Crippen LogP contribution is 2.08. The average molecular weight is 226 g/mol. The second kappa shape index (κ2) is 5.78. The van der Waals surface area contributed by atoms with Gasteiger partial charge in [-0.1, -0.05) is 18.2 Å². The van der Waals surface area contributed by atoms with Crippen LogP contribution in [0.1, 0.15) is 13.3 Å². The van der Waals surface area contributed by atoms with E-state index in [1.54, 1.807) is 24.3 Å². The summed E-state index contributed by atoms with van der Waals surface area (Å²) < 4.78 is 11.7. The van der Waals surface area contributed by atoms with E-state index in [0.717, 1.165) is 0 Å². The Kier molecular flexibility index (Phi) is 4.65. The number of aliphatic hydroxyl groups is 1. The Morgan fingerprint density at radius 2 is 2.00 bits per heavy atom. The SMILES string of the molecule is CC(=O)C[C@H](O)CS(=O)c1ccccc1. The Bertz CT molecular complexity index is 348. The van der Waals surface area contributed by atoms with Crippen molar-refractivity contribution in [1.82, 2.24) is 0 Å². The number of Topliss-reactive ketones (excluding diaryl/α,β-unsaturated/α-hetero) is 1. The van der Waals surface area contributed by atoms with Gasteiger partial charge in [0.25, 0.3) is 0 Å². The van der Waals surface area contributed by atoms with Gasteiger partial charge in [0.15, 0.2) is 0 Å². The van der Waals surface area contributed by atoms with Gasteiger partial charge in [0.2, 0.25) is 0 Å². The molecule has 0 bridgehead atoms. The third kappa shape index (κ3) is 4.36. The molecule has 82 valence electrons. The van der Waals surface area contributed by atoms with Crippen molar-refractivity contribution in [3.63, 3.8) is 0 Å². The lowest BCUT2D eigenvalue weighted by molar-refractivity contribution is -0.118. The van der Waals surface area contributed by atoms with Gasteiger partial charge in [-0.3, -0.25) is 9.00 Å². The monoisotopic (exact) mass is 226 g/mol. The summed E-state index contributed by atoms with van der Waals surface area (Å²) in [5, 5.41) is 9.44. The number of hydrogen-bond acceptors (Lipinski definition) is 3. The standard InChI is InChI=1S/C11H14O3S/c1-9(12)7-10(13)8-15(14)11-5-3-2-4-6-11/h2-6,10,13H,7-8H2,1H3/t10-,15?/m0/s1. The Morgan fingerprint density at radius 1 is 1.40 bits per heavy atom. The zero-order valence-corrected chi connectivity index (χ0v) is 9.37. The fraction of sp³-hybridized carbons (Fsp3) is 0.364. The molecule has 1 N–H and O–H groups in total. The predicted octanol–water partition coefficient (Wildman–Crippen LogP) is 1.13. The van der Waals surface area contributed by atoms with Crippen LogP contribution in [0.3, 0.4) is 0 Å². The van der Waals surface area contributed by atoms with Crippen molar-refractivity contribution in [1.29, 1.82) is 0 Å². The summed E-state index contributed by atoms with van der Waals surface area (Å²) in [7, 11) is -1.23. The highest BCUT2D eigenvalue weighted by atomic mass is 32.2. The lowest BCUT2D eigenvalue weighted by atomic mass is 10.2. The van der Waals surface area contributed by atoms with E-state index in [1.165, 1.54) is 6.92 Å². The summed E-state index contributed by atoms with van der Waals surface area (Å²) >= 11 is 0. The number of carbonyl (C=O) groups is 1. The number of benzene rings is 1. The summed E-state index contributed by atoms with van der Waals surface area (Å²) in [5.74, 6) is 0.0245. The predicted molar refractivity (Wildman–Crippen MR) is 59.0 cm³/mol. The van der Waals surface area contributed by atoms with Crippen molar-refractivity contribution in [3.05, 3.63) is 30.3 Å². The maximum absolute atomic E-state index is 11.7. The second-order valence-electron chi connectivity index (χ2n) is 3.39. The molecule has 0 radical (unpaired) electrons. The van der Waals surface area contributed by atoms with Gasteiger partial charge in [0.05, 0.1) is 22.7 Å². The molecular formula is C11H14O3S. The fourth-order valence-electron chi connectivity index (χ4n) is 1.23. The van der Waals surface area contributed by atoms with Gasteiger partial charge in [-0.2, -0.15) is 0 Å². The van der Waals surface area contributed by atoms with Crippen LogP contribution in [0.2, 0.25) is 0 Å². The van der Waals surface area contributed by atoms with E-state index in [0.29, 0.717) is 4.90 Å². The number of hydrogen-bond donors (Lipinski definition) is 1. The van der Waals surface area contributed by atoms with Gasteiger partial charge >= 0.3 is 0 Å². The molecule has 0 aliphatic rings. The molecule has 0 aromatic heterocycles. The van der Waals surface area contributed by atoms with Crippen molar-refractivity contribution in [2.24, 2.45) is 0 Å². The van der Waals surface area contributed by atoms with Crippen molar-refractivity contribution >= 4 is 16.6 Å². The van der Waals surface area contributed by atoms with Crippen molar-refractivity contribution in [2.75, 3.05) is 5.75 Å². The molecule has 0 aliphatic heterocycles. The molecule has 0 saturated carbocycles. The molecule has 1 aromatic carbocycles. The van der Waals surface area contributed by atoms with E-state index in [9.17, 15) is 14.1 Å². The summed E-state index contributed by atoms with van der Waals surface area (Å²) in [5.41, 5.74) is 0. The van der Waals surface area contributed by atoms with Crippen LogP contribution in [0.4, 0.5) is 0 Å². The van der Waals surface area contributed by atoms with Gasteiger partial charge in [-0.15, -0.1) is 0 Å². The van der Waals surface area contributed by atoms with Crippen LogP contribution in [0.15, 0.2) is 35.2 Å². The molecule has 1 aromatic rings. The van der Waals surface area contributed by atoms with E-state index >= 15 is 0 Å². The zero-order valence-electron chi connectivity index (χ0n) is 8.55.